The molecule has 1 amide bonds. The van der Waals surface area contributed by atoms with Gasteiger partial charge in [-0.3, -0.25) is 4.79 Å². The van der Waals surface area contributed by atoms with Crippen molar-refractivity contribution in [3.8, 4) is 5.75 Å². The summed E-state index contributed by atoms with van der Waals surface area (Å²) in [5, 5.41) is 3.33. The van der Waals surface area contributed by atoms with Crippen molar-refractivity contribution in [3.63, 3.8) is 0 Å². The van der Waals surface area contributed by atoms with E-state index in [-0.39, 0.29) is 12.0 Å². The van der Waals surface area contributed by atoms with Crippen molar-refractivity contribution in [3.05, 3.63) is 28.8 Å². The van der Waals surface area contributed by atoms with Crippen LogP contribution in [0.5, 0.6) is 5.75 Å². The van der Waals surface area contributed by atoms with Crippen LogP contribution in [0.2, 0.25) is 5.02 Å². The molecule has 1 atom stereocenters. The molecule has 1 aliphatic heterocycles. The van der Waals surface area contributed by atoms with E-state index < -0.39 is 5.79 Å². The summed E-state index contributed by atoms with van der Waals surface area (Å²) in [6.07, 6.45) is -0.146. The lowest BCUT2D eigenvalue weighted by molar-refractivity contribution is -0.137. The van der Waals surface area contributed by atoms with E-state index in [9.17, 15) is 4.79 Å². The van der Waals surface area contributed by atoms with Crippen LogP contribution < -0.4 is 10.1 Å². The highest BCUT2D eigenvalue weighted by Gasteiger charge is 2.32. The molecular weight excluding hydrogens is 282 g/mol. The van der Waals surface area contributed by atoms with Crippen LogP contribution in [0.3, 0.4) is 0 Å². The maximum atomic E-state index is 12.1. The van der Waals surface area contributed by atoms with Crippen LogP contribution in [0.4, 0.5) is 0 Å². The minimum Gasteiger partial charge on any atom is -0.496 e. The van der Waals surface area contributed by atoms with Gasteiger partial charge in [0.15, 0.2) is 5.79 Å². The molecule has 0 bridgehead atoms. The van der Waals surface area contributed by atoms with Gasteiger partial charge in [-0.25, -0.2) is 0 Å². The predicted octanol–water partition coefficient (Wildman–Crippen LogP) is 2.23. The molecule has 20 heavy (non-hydrogen) atoms. The molecule has 1 unspecified atom stereocenters. The van der Waals surface area contributed by atoms with Gasteiger partial charge in [0.05, 0.1) is 19.3 Å². The van der Waals surface area contributed by atoms with Crippen LogP contribution in [0, 0.1) is 0 Å². The number of ether oxygens (including phenoxy) is 3. The lowest BCUT2D eigenvalue weighted by Gasteiger charge is -2.17. The number of carbonyl (C=O) groups is 1. The van der Waals surface area contributed by atoms with Crippen molar-refractivity contribution in [2.24, 2.45) is 0 Å². The molecule has 1 heterocycles. The minimum absolute atomic E-state index is 0.146. The molecular formula is C14H18ClNO4. The topological polar surface area (TPSA) is 56.8 Å². The smallest absolute Gasteiger partial charge is 0.255 e. The summed E-state index contributed by atoms with van der Waals surface area (Å²) in [7, 11) is 1.50. The van der Waals surface area contributed by atoms with Crippen molar-refractivity contribution in [2.75, 3.05) is 20.3 Å². The molecule has 0 spiro atoms. The van der Waals surface area contributed by atoms with Crippen LogP contribution >= 0.6 is 11.6 Å². The van der Waals surface area contributed by atoms with E-state index >= 15 is 0 Å². The van der Waals surface area contributed by atoms with Crippen LogP contribution in [-0.4, -0.2) is 38.1 Å². The third kappa shape index (κ3) is 3.62. The molecule has 6 heteroatoms. The quantitative estimate of drug-likeness (QED) is 0.926. The second kappa shape index (κ2) is 5.99. The Hall–Kier alpha value is -1.30. The van der Waals surface area contributed by atoms with Gasteiger partial charge in [-0.15, -0.1) is 0 Å². The summed E-state index contributed by atoms with van der Waals surface area (Å²) in [4.78, 5) is 12.1. The van der Waals surface area contributed by atoms with Crippen LogP contribution in [0.15, 0.2) is 18.2 Å². The molecule has 1 N–H and O–H groups in total. The van der Waals surface area contributed by atoms with Crippen LogP contribution in [0.1, 0.15) is 24.2 Å². The maximum absolute atomic E-state index is 12.1. The number of hydrogen-bond acceptors (Lipinski definition) is 4. The molecule has 1 saturated heterocycles. The highest BCUT2D eigenvalue weighted by Crippen LogP contribution is 2.24. The number of rotatable bonds is 4. The second-order valence-electron chi connectivity index (χ2n) is 5.01. The number of amides is 1. The first-order chi connectivity index (χ1) is 9.41. The standard InChI is InChI=1S/C14H18ClNO4/c1-14(2)19-8-10(20-14)7-16-13(17)11-5-4-9(15)6-12(11)18-3/h4-6,10H,7-8H2,1-3H3,(H,16,17). The van der Waals surface area contributed by atoms with Gasteiger partial charge in [0, 0.05) is 11.6 Å². The zero-order valence-corrected chi connectivity index (χ0v) is 12.5. The Labute approximate surface area is 123 Å². The summed E-state index contributed by atoms with van der Waals surface area (Å²) in [5.74, 6) is -0.376. The number of carbonyl (C=O) groups excluding carboxylic acids is 1. The number of methoxy groups -OCH3 is 1. The maximum Gasteiger partial charge on any atom is 0.255 e. The first kappa shape index (κ1) is 15.1. The van der Waals surface area contributed by atoms with Crippen molar-refractivity contribution < 1.29 is 19.0 Å². The Kier molecular flexibility index (Phi) is 4.52. The summed E-state index contributed by atoms with van der Waals surface area (Å²) in [6, 6.07) is 4.89. The molecule has 0 saturated carbocycles. The fraction of sp³-hybridized carbons (Fsp3) is 0.500. The van der Waals surface area contributed by atoms with Gasteiger partial charge in [0.2, 0.25) is 0 Å². The minimum atomic E-state index is -0.590. The average molecular weight is 300 g/mol. The van der Waals surface area contributed by atoms with Gasteiger partial charge >= 0.3 is 0 Å². The van der Waals surface area contributed by atoms with E-state index in [0.717, 1.165) is 0 Å². The second-order valence-corrected chi connectivity index (χ2v) is 5.44. The van der Waals surface area contributed by atoms with Gasteiger partial charge in [-0.05, 0) is 32.0 Å². The van der Waals surface area contributed by atoms with E-state index in [1.807, 2.05) is 13.8 Å². The molecule has 5 nitrogen and oxygen atoms in total. The molecule has 2 rings (SSSR count). The van der Waals surface area contributed by atoms with E-state index in [0.29, 0.717) is 29.5 Å². The van der Waals surface area contributed by atoms with Crippen molar-refractivity contribution >= 4 is 17.5 Å². The lowest BCUT2D eigenvalue weighted by Crippen LogP contribution is -2.34. The van der Waals surface area contributed by atoms with Crippen molar-refractivity contribution in [1.82, 2.24) is 5.32 Å². The Morgan fingerprint density at radius 1 is 1.55 bits per heavy atom. The van der Waals surface area contributed by atoms with E-state index in [1.165, 1.54) is 7.11 Å². The summed E-state index contributed by atoms with van der Waals surface area (Å²) in [6.45, 7) is 4.53. The normalized spacial score (nSPS) is 20.7. The predicted molar refractivity (Wildman–Crippen MR) is 75.2 cm³/mol. The molecule has 1 aliphatic rings. The number of hydrogen-bond donors (Lipinski definition) is 1. The summed E-state index contributed by atoms with van der Waals surface area (Å²) in [5.41, 5.74) is 0.440. The first-order valence-electron chi connectivity index (χ1n) is 6.35. The fourth-order valence-corrected chi connectivity index (χ4v) is 2.18. The van der Waals surface area contributed by atoms with Crippen LogP contribution in [-0.2, 0) is 9.47 Å². The Morgan fingerprint density at radius 2 is 2.30 bits per heavy atom. The molecule has 0 radical (unpaired) electrons. The zero-order chi connectivity index (χ0) is 14.8. The molecule has 0 aliphatic carbocycles. The van der Waals surface area contributed by atoms with Crippen LogP contribution in [0.25, 0.3) is 0 Å². The molecule has 1 aromatic rings. The van der Waals surface area contributed by atoms with Gasteiger partial charge in [-0.1, -0.05) is 11.6 Å². The van der Waals surface area contributed by atoms with Gasteiger partial charge in [0.1, 0.15) is 11.9 Å². The van der Waals surface area contributed by atoms with E-state index in [4.69, 9.17) is 25.8 Å². The Balaban J connectivity index is 1.96. The molecule has 0 aromatic heterocycles. The van der Waals surface area contributed by atoms with E-state index in [2.05, 4.69) is 5.32 Å². The van der Waals surface area contributed by atoms with Crippen molar-refractivity contribution in [2.45, 2.75) is 25.7 Å². The Bertz CT molecular complexity index is 504. The van der Waals surface area contributed by atoms with Gasteiger partial charge < -0.3 is 19.5 Å². The zero-order valence-electron chi connectivity index (χ0n) is 11.7. The fourth-order valence-electron chi connectivity index (χ4n) is 2.02. The molecule has 1 fully saturated rings. The third-order valence-corrected chi connectivity index (χ3v) is 3.20. The summed E-state index contributed by atoms with van der Waals surface area (Å²) >= 11 is 5.86. The number of halogens is 1. The highest BCUT2D eigenvalue weighted by molar-refractivity contribution is 6.30. The SMILES string of the molecule is COc1cc(Cl)ccc1C(=O)NCC1COC(C)(C)O1. The highest BCUT2D eigenvalue weighted by atomic mass is 35.5. The Morgan fingerprint density at radius 3 is 2.90 bits per heavy atom. The monoisotopic (exact) mass is 299 g/mol. The molecule has 1 aromatic carbocycles. The summed E-state index contributed by atoms with van der Waals surface area (Å²) < 4.78 is 16.2. The lowest BCUT2D eigenvalue weighted by atomic mass is 10.2. The largest absolute Gasteiger partial charge is 0.496 e. The van der Waals surface area contributed by atoms with Gasteiger partial charge in [-0.2, -0.15) is 0 Å². The van der Waals surface area contributed by atoms with E-state index in [1.54, 1.807) is 18.2 Å². The molecule has 110 valence electrons. The average Bonchev–Trinajstić information content (AvgIpc) is 2.75. The van der Waals surface area contributed by atoms with Crippen molar-refractivity contribution in [1.29, 1.82) is 0 Å². The first-order valence-corrected chi connectivity index (χ1v) is 6.72. The number of nitrogens with one attached hydrogen (secondary N) is 1. The third-order valence-electron chi connectivity index (χ3n) is 2.97. The number of benzene rings is 1. The van der Waals surface area contributed by atoms with Gasteiger partial charge in [0.25, 0.3) is 5.91 Å².